The molecule has 17 heavy (non-hydrogen) atoms. The zero-order valence-corrected chi connectivity index (χ0v) is 11.0. The van der Waals surface area contributed by atoms with Crippen molar-refractivity contribution in [3.05, 3.63) is 63.1 Å². The van der Waals surface area contributed by atoms with Crippen molar-refractivity contribution in [2.24, 2.45) is 0 Å². The molecule has 0 saturated heterocycles. The first-order valence-electron chi connectivity index (χ1n) is 4.87. The third-order valence-corrected chi connectivity index (χ3v) is 3.11. The Balaban J connectivity index is 2.40. The number of ketones is 1. The third-order valence-electron chi connectivity index (χ3n) is 2.31. The Kier molecular flexibility index (Phi) is 3.50. The van der Waals surface area contributed by atoms with Gasteiger partial charge in [-0.25, -0.2) is 0 Å². The Hall–Kier alpha value is -1.32. The molecule has 0 aromatic heterocycles. The van der Waals surface area contributed by atoms with Gasteiger partial charge >= 0.3 is 0 Å². The van der Waals surface area contributed by atoms with Gasteiger partial charge in [-0.3, -0.25) is 4.79 Å². The van der Waals surface area contributed by atoms with E-state index < -0.39 is 0 Å². The van der Waals surface area contributed by atoms with Crippen molar-refractivity contribution in [3.8, 4) is 5.75 Å². The van der Waals surface area contributed by atoms with Gasteiger partial charge in [-0.1, -0.05) is 27.5 Å². The molecular weight excluding hydrogens is 303 g/mol. The van der Waals surface area contributed by atoms with Crippen LogP contribution in [0.15, 0.2) is 46.9 Å². The first-order chi connectivity index (χ1) is 8.08. The maximum absolute atomic E-state index is 12.1. The SMILES string of the molecule is O=C(c1ccc(O)cc1)c1ccc(Br)cc1Cl. The molecule has 0 spiro atoms. The van der Waals surface area contributed by atoms with E-state index in [4.69, 9.17) is 16.7 Å². The molecule has 2 aromatic carbocycles. The van der Waals surface area contributed by atoms with Crippen LogP contribution in [0.3, 0.4) is 0 Å². The molecule has 0 bridgehead atoms. The molecule has 1 N–H and O–H groups in total. The number of rotatable bonds is 2. The van der Waals surface area contributed by atoms with Crippen molar-refractivity contribution < 1.29 is 9.90 Å². The highest BCUT2D eigenvalue weighted by molar-refractivity contribution is 9.10. The average Bonchev–Trinajstić information content (AvgIpc) is 2.29. The monoisotopic (exact) mass is 310 g/mol. The summed E-state index contributed by atoms with van der Waals surface area (Å²) in [6.07, 6.45) is 0. The van der Waals surface area contributed by atoms with Gasteiger partial charge in [0.25, 0.3) is 0 Å². The van der Waals surface area contributed by atoms with Gasteiger partial charge < -0.3 is 5.11 Å². The molecule has 0 aliphatic carbocycles. The number of carbonyl (C=O) groups excluding carboxylic acids is 1. The summed E-state index contributed by atoms with van der Waals surface area (Å²) in [6, 6.07) is 11.2. The highest BCUT2D eigenvalue weighted by atomic mass is 79.9. The van der Waals surface area contributed by atoms with Crippen LogP contribution in [-0.4, -0.2) is 10.9 Å². The van der Waals surface area contributed by atoms with Crippen molar-refractivity contribution in [2.75, 3.05) is 0 Å². The van der Waals surface area contributed by atoms with Gasteiger partial charge in [0.15, 0.2) is 5.78 Å². The summed E-state index contributed by atoms with van der Waals surface area (Å²) in [5, 5.41) is 9.56. The predicted octanol–water partition coefficient (Wildman–Crippen LogP) is 4.04. The van der Waals surface area contributed by atoms with Crippen LogP contribution in [0.25, 0.3) is 0 Å². The molecule has 0 unspecified atom stereocenters. The Labute approximate surface area is 112 Å². The normalized spacial score (nSPS) is 10.2. The summed E-state index contributed by atoms with van der Waals surface area (Å²) in [4.78, 5) is 12.1. The van der Waals surface area contributed by atoms with Gasteiger partial charge in [-0.05, 0) is 42.5 Å². The molecule has 0 aliphatic rings. The summed E-state index contributed by atoms with van der Waals surface area (Å²) in [7, 11) is 0. The Morgan fingerprint density at radius 3 is 2.35 bits per heavy atom. The fourth-order valence-corrected chi connectivity index (χ4v) is 2.20. The van der Waals surface area contributed by atoms with Gasteiger partial charge in [0.05, 0.1) is 5.02 Å². The van der Waals surface area contributed by atoms with E-state index >= 15 is 0 Å². The summed E-state index contributed by atoms with van der Waals surface area (Å²) in [5.74, 6) is -0.0362. The van der Waals surface area contributed by atoms with Gasteiger partial charge in [0.2, 0.25) is 0 Å². The summed E-state index contributed by atoms with van der Waals surface area (Å²) in [5.41, 5.74) is 0.938. The summed E-state index contributed by atoms with van der Waals surface area (Å²) in [6.45, 7) is 0. The minimum Gasteiger partial charge on any atom is -0.508 e. The number of aromatic hydroxyl groups is 1. The molecule has 0 heterocycles. The summed E-state index contributed by atoms with van der Waals surface area (Å²) >= 11 is 9.29. The van der Waals surface area contributed by atoms with Crippen LogP contribution in [0.1, 0.15) is 15.9 Å². The summed E-state index contributed by atoms with van der Waals surface area (Å²) < 4.78 is 0.824. The lowest BCUT2D eigenvalue weighted by atomic mass is 10.0. The fraction of sp³-hybridized carbons (Fsp3) is 0. The molecule has 0 fully saturated rings. The number of phenolic OH excluding ortho intramolecular Hbond substituents is 1. The molecule has 86 valence electrons. The molecule has 0 atom stereocenters. The van der Waals surface area contributed by atoms with Crippen molar-refractivity contribution in [1.29, 1.82) is 0 Å². The van der Waals surface area contributed by atoms with Crippen molar-refractivity contribution >= 4 is 33.3 Å². The lowest BCUT2D eigenvalue weighted by molar-refractivity contribution is 0.103. The minimum atomic E-state index is -0.164. The number of halogens is 2. The molecule has 2 nitrogen and oxygen atoms in total. The van der Waals surface area contributed by atoms with Crippen LogP contribution < -0.4 is 0 Å². The molecule has 0 aliphatic heterocycles. The smallest absolute Gasteiger partial charge is 0.194 e. The van der Waals surface area contributed by atoms with Crippen molar-refractivity contribution in [1.82, 2.24) is 0 Å². The van der Waals surface area contributed by atoms with E-state index in [1.165, 1.54) is 12.1 Å². The fourth-order valence-electron chi connectivity index (χ4n) is 1.44. The predicted molar refractivity (Wildman–Crippen MR) is 70.7 cm³/mol. The number of hydrogen-bond donors (Lipinski definition) is 1. The average molecular weight is 312 g/mol. The van der Waals surface area contributed by atoms with Gasteiger partial charge in [0.1, 0.15) is 5.75 Å². The Morgan fingerprint density at radius 1 is 1.12 bits per heavy atom. The lowest BCUT2D eigenvalue weighted by Gasteiger charge is -2.04. The maximum Gasteiger partial charge on any atom is 0.194 e. The van der Waals surface area contributed by atoms with E-state index in [1.807, 2.05) is 0 Å². The van der Waals surface area contributed by atoms with Gasteiger partial charge in [0, 0.05) is 15.6 Å². The topological polar surface area (TPSA) is 37.3 Å². The molecular formula is C13H8BrClO2. The highest BCUT2D eigenvalue weighted by Crippen LogP contribution is 2.24. The highest BCUT2D eigenvalue weighted by Gasteiger charge is 2.12. The van der Waals surface area contributed by atoms with Gasteiger partial charge in [-0.15, -0.1) is 0 Å². The second-order valence-electron chi connectivity index (χ2n) is 3.50. The molecule has 2 rings (SSSR count). The van der Waals surface area contributed by atoms with E-state index in [9.17, 15) is 4.79 Å². The molecule has 2 aromatic rings. The van der Waals surface area contributed by atoms with E-state index in [0.717, 1.165) is 4.47 Å². The molecule has 0 radical (unpaired) electrons. The maximum atomic E-state index is 12.1. The zero-order chi connectivity index (χ0) is 12.4. The van der Waals surface area contributed by atoms with E-state index in [0.29, 0.717) is 16.1 Å². The standard InChI is InChI=1S/C13H8BrClO2/c14-9-3-6-11(12(15)7-9)13(17)8-1-4-10(16)5-2-8/h1-7,16H. The number of benzene rings is 2. The third kappa shape index (κ3) is 2.68. The van der Waals surface area contributed by atoms with Crippen LogP contribution in [0.5, 0.6) is 5.75 Å². The zero-order valence-electron chi connectivity index (χ0n) is 8.65. The van der Waals surface area contributed by atoms with Crippen molar-refractivity contribution in [2.45, 2.75) is 0 Å². The minimum absolute atomic E-state index is 0.128. The van der Waals surface area contributed by atoms with Crippen LogP contribution in [0.2, 0.25) is 5.02 Å². The lowest BCUT2D eigenvalue weighted by Crippen LogP contribution is -2.01. The van der Waals surface area contributed by atoms with Crippen molar-refractivity contribution in [3.63, 3.8) is 0 Å². The number of carbonyl (C=O) groups is 1. The second kappa shape index (κ2) is 4.90. The molecule has 0 saturated carbocycles. The largest absolute Gasteiger partial charge is 0.508 e. The van der Waals surface area contributed by atoms with E-state index in [2.05, 4.69) is 15.9 Å². The molecule has 0 amide bonds. The van der Waals surface area contributed by atoms with Crippen LogP contribution in [-0.2, 0) is 0 Å². The molecule has 4 heteroatoms. The van der Waals surface area contributed by atoms with Crippen LogP contribution >= 0.6 is 27.5 Å². The number of phenols is 1. The first-order valence-corrected chi connectivity index (χ1v) is 6.04. The number of hydrogen-bond acceptors (Lipinski definition) is 2. The van der Waals surface area contributed by atoms with E-state index in [1.54, 1.807) is 30.3 Å². The quantitative estimate of drug-likeness (QED) is 0.850. The van der Waals surface area contributed by atoms with Crippen LogP contribution in [0, 0.1) is 0 Å². The first kappa shape index (κ1) is 12.1. The van der Waals surface area contributed by atoms with Gasteiger partial charge in [-0.2, -0.15) is 0 Å². The van der Waals surface area contributed by atoms with E-state index in [-0.39, 0.29) is 11.5 Å². The van der Waals surface area contributed by atoms with Crippen LogP contribution in [0.4, 0.5) is 0 Å². The second-order valence-corrected chi connectivity index (χ2v) is 4.82. The Morgan fingerprint density at radius 2 is 1.76 bits per heavy atom. The Bertz CT molecular complexity index is 564.